The van der Waals surface area contributed by atoms with Gasteiger partial charge in [0.05, 0.1) is 18.8 Å². The average molecular weight is 507 g/mol. The quantitative estimate of drug-likeness (QED) is 0.368. The third kappa shape index (κ3) is 5.20. The molecule has 0 aliphatic carbocycles. The molecule has 0 bridgehead atoms. The summed E-state index contributed by atoms with van der Waals surface area (Å²) < 4.78 is 2.80. The third-order valence-electron chi connectivity index (χ3n) is 6.19. The zero-order valence-corrected chi connectivity index (χ0v) is 21.5. The Labute approximate surface area is 215 Å². The van der Waals surface area contributed by atoms with Gasteiger partial charge in [-0.05, 0) is 43.5 Å². The Morgan fingerprint density at radius 1 is 1.11 bits per heavy atom. The zero-order chi connectivity index (χ0) is 25.8. The third-order valence-corrected chi connectivity index (χ3v) is 6.45. The van der Waals surface area contributed by atoms with Crippen molar-refractivity contribution in [2.45, 2.75) is 39.8 Å². The highest BCUT2D eigenvalue weighted by Gasteiger charge is 2.33. The van der Waals surface area contributed by atoms with Gasteiger partial charge < -0.3 is 10.6 Å². The van der Waals surface area contributed by atoms with E-state index in [1.54, 1.807) is 9.47 Å². The molecule has 0 aliphatic heterocycles. The summed E-state index contributed by atoms with van der Waals surface area (Å²) in [5.74, 6) is 0.267. The Morgan fingerprint density at radius 2 is 1.81 bits per heavy atom. The van der Waals surface area contributed by atoms with Crippen molar-refractivity contribution in [2.75, 3.05) is 13.1 Å². The summed E-state index contributed by atoms with van der Waals surface area (Å²) in [7, 11) is 0. The van der Waals surface area contributed by atoms with Crippen molar-refractivity contribution >= 4 is 23.2 Å². The lowest BCUT2D eigenvalue weighted by Crippen LogP contribution is -2.43. The first-order valence-electron chi connectivity index (χ1n) is 12.1. The molecule has 1 unspecified atom stereocenters. The first kappa shape index (κ1) is 25.6. The fourth-order valence-electron chi connectivity index (χ4n) is 4.37. The Kier molecular flexibility index (Phi) is 7.86. The lowest BCUT2D eigenvalue weighted by molar-refractivity contribution is 0.0601. The average Bonchev–Trinajstić information content (AvgIpc) is 3.24. The van der Waals surface area contributed by atoms with Crippen LogP contribution in [0.1, 0.15) is 53.6 Å². The number of aryl methyl sites for hydroxylation is 1. The number of halogens is 1. The number of rotatable bonds is 9. The van der Waals surface area contributed by atoms with Crippen LogP contribution in [0, 0.1) is 12.8 Å². The number of amides is 1. The predicted octanol–water partition coefficient (Wildman–Crippen LogP) is 4.09. The van der Waals surface area contributed by atoms with Gasteiger partial charge in [0, 0.05) is 12.1 Å². The van der Waals surface area contributed by atoms with E-state index >= 15 is 0 Å². The molecule has 4 rings (SSSR count). The molecule has 2 aromatic carbocycles. The van der Waals surface area contributed by atoms with E-state index in [4.69, 9.17) is 22.3 Å². The molecule has 188 valence electrons. The van der Waals surface area contributed by atoms with Crippen LogP contribution in [0.4, 0.5) is 0 Å². The Balaban J connectivity index is 1.91. The van der Waals surface area contributed by atoms with E-state index in [0.717, 1.165) is 11.1 Å². The first-order chi connectivity index (χ1) is 17.3. The second kappa shape index (κ2) is 11.1. The topological polar surface area (TPSA) is 98.5 Å². The van der Waals surface area contributed by atoms with E-state index in [1.807, 2.05) is 75.4 Å². The summed E-state index contributed by atoms with van der Waals surface area (Å²) in [5.41, 5.74) is 8.33. The lowest BCUT2D eigenvalue weighted by atomic mass is 9.99. The van der Waals surface area contributed by atoms with Gasteiger partial charge in [-0.15, -0.1) is 0 Å². The summed E-state index contributed by atoms with van der Waals surface area (Å²) in [6, 6.07) is 16.6. The number of carbonyl (C=O) groups excluding carboxylic acids is 1. The van der Waals surface area contributed by atoms with Crippen LogP contribution >= 0.6 is 11.6 Å². The largest absolute Gasteiger partial charge is 0.352 e. The van der Waals surface area contributed by atoms with Gasteiger partial charge in [0.1, 0.15) is 10.8 Å². The summed E-state index contributed by atoms with van der Waals surface area (Å²) in [4.78, 5) is 34.1. The first-order valence-corrected chi connectivity index (χ1v) is 12.4. The van der Waals surface area contributed by atoms with Crippen molar-refractivity contribution in [3.63, 3.8) is 0 Å². The SMILES string of the molecule is Cc1ccc(C(=O)N(CCCN)C(c2nc3c(Cl)cnn3c(=O)n2Cc2ccccc2)C(C)C)cc1. The second-order valence-corrected chi connectivity index (χ2v) is 9.66. The maximum Gasteiger partial charge on any atom is 0.352 e. The molecule has 4 aromatic rings. The molecule has 1 amide bonds. The van der Waals surface area contributed by atoms with Crippen molar-refractivity contribution in [1.82, 2.24) is 24.1 Å². The van der Waals surface area contributed by atoms with Gasteiger partial charge in [-0.25, -0.2) is 9.78 Å². The standard InChI is InChI=1S/C27H31ClN6O2/c1-18(2)23(32(15-7-14-29)26(35)21-12-10-19(3)11-13-21)25-31-24-22(28)16-30-34(24)27(36)33(25)17-20-8-5-4-6-9-20/h4-6,8-13,16,18,23H,7,14-15,17,29H2,1-3H3. The van der Waals surface area contributed by atoms with Crippen LogP contribution < -0.4 is 11.4 Å². The zero-order valence-electron chi connectivity index (χ0n) is 20.8. The number of benzene rings is 2. The van der Waals surface area contributed by atoms with E-state index in [9.17, 15) is 9.59 Å². The highest BCUT2D eigenvalue weighted by Crippen LogP contribution is 2.30. The monoisotopic (exact) mass is 506 g/mol. The number of fused-ring (bicyclic) bond motifs is 1. The maximum atomic E-state index is 13.8. The molecule has 2 heterocycles. The number of hydrogen-bond acceptors (Lipinski definition) is 5. The van der Waals surface area contributed by atoms with Gasteiger partial charge >= 0.3 is 5.69 Å². The highest BCUT2D eigenvalue weighted by atomic mass is 35.5. The molecule has 0 fully saturated rings. The molecule has 1 atom stereocenters. The summed E-state index contributed by atoms with van der Waals surface area (Å²) in [6.45, 7) is 7.15. The van der Waals surface area contributed by atoms with Crippen molar-refractivity contribution < 1.29 is 4.79 Å². The van der Waals surface area contributed by atoms with Crippen LogP contribution in [-0.2, 0) is 6.54 Å². The van der Waals surface area contributed by atoms with E-state index in [1.165, 1.54) is 10.7 Å². The molecular formula is C27H31ClN6O2. The predicted molar refractivity (Wildman–Crippen MR) is 141 cm³/mol. The fourth-order valence-corrected chi connectivity index (χ4v) is 4.54. The van der Waals surface area contributed by atoms with Crippen molar-refractivity contribution in [2.24, 2.45) is 11.7 Å². The number of hydrogen-bond donors (Lipinski definition) is 1. The van der Waals surface area contributed by atoms with Crippen molar-refractivity contribution in [3.05, 3.63) is 98.8 Å². The number of carbonyl (C=O) groups is 1. The van der Waals surface area contributed by atoms with Gasteiger partial charge in [0.2, 0.25) is 0 Å². The number of nitrogens with zero attached hydrogens (tertiary/aromatic N) is 5. The molecule has 0 spiro atoms. The minimum Gasteiger partial charge on any atom is -0.330 e. The molecule has 0 radical (unpaired) electrons. The van der Waals surface area contributed by atoms with Gasteiger partial charge in [-0.3, -0.25) is 9.36 Å². The molecule has 9 heteroatoms. The highest BCUT2D eigenvalue weighted by molar-refractivity contribution is 6.33. The molecule has 0 aliphatic rings. The lowest BCUT2D eigenvalue weighted by Gasteiger charge is -2.35. The van der Waals surface area contributed by atoms with E-state index in [0.29, 0.717) is 30.9 Å². The molecule has 2 N–H and O–H groups in total. The van der Waals surface area contributed by atoms with Gasteiger partial charge in [-0.2, -0.15) is 9.61 Å². The molecule has 36 heavy (non-hydrogen) atoms. The molecule has 0 saturated heterocycles. The second-order valence-electron chi connectivity index (χ2n) is 9.25. The number of nitrogens with two attached hydrogens (primary N) is 1. The molecule has 0 saturated carbocycles. The minimum absolute atomic E-state index is 0.0600. The van der Waals surface area contributed by atoms with Gasteiger partial charge in [0.15, 0.2) is 5.65 Å². The van der Waals surface area contributed by atoms with Crippen molar-refractivity contribution in [1.29, 1.82) is 0 Å². The van der Waals surface area contributed by atoms with Gasteiger partial charge in [-0.1, -0.05) is 73.5 Å². The van der Waals surface area contributed by atoms with Crippen LogP contribution in [0.5, 0.6) is 0 Å². The van der Waals surface area contributed by atoms with Crippen LogP contribution in [0.15, 0.2) is 65.6 Å². The maximum absolute atomic E-state index is 13.8. The normalized spacial score (nSPS) is 12.3. The van der Waals surface area contributed by atoms with E-state index < -0.39 is 6.04 Å². The fraction of sp³-hybridized carbons (Fsp3) is 0.333. The molecule has 2 aromatic heterocycles. The van der Waals surface area contributed by atoms with Crippen molar-refractivity contribution in [3.8, 4) is 0 Å². The summed E-state index contributed by atoms with van der Waals surface area (Å²) >= 11 is 6.36. The summed E-state index contributed by atoms with van der Waals surface area (Å²) in [6.07, 6.45) is 2.02. The minimum atomic E-state index is -0.502. The Hall–Kier alpha value is -3.49. The molecular weight excluding hydrogens is 476 g/mol. The van der Waals surface area contributed by atoms with Crippen LogP contribution in [-0.4, -0.2) is 43.1 Å². The smallest absolute Gasteiger partial charge is 0.330 e. The van der Waals surface area contributed by atoms with Crippen LogP contribution in [0.25, 0.3) is 5.65 Å². The Morgan fingerprint density at radius 3 is 2.44 bits per heavy atom. The number of aromatic nitrogens is 4. The van der Waals surface area contributed by atoms with E-state index in [-0.39, 0.29) is 34.7 Å². The summed E-state index contributed by atoms with van der Waals surface area (Å²) in [5, 5.41) is 4.42. The van der Waals surface area contributed by atoms with E-state index in [2.05, 4.69) is 5.10 Å². The molecule has 8 nitrogen and oxygen atoms in total. The van der Waals surface area contributed by atoms with Crippen LogP contribution in [0.2, 0.25) is 5.02 Å². The Bertz CT molecular complexity index is 1400. The van der Waals surface area contributed by atoms with Gasteiger partial charge in [0.25, 0.3) is 5.91 Å². The van der Waals surface area contributed by atoms with Crippen LogP contribution in [0.3, 0.4) is 0 Å².